The van der Waals surface area contributed by atoms with E-state index in [2.05, 4.69) is 41.2 Å². The van der Waals surface area contributed by atoms with Crippen LogP contribution in [-0.2, 0) is 0 Å². The Bertz CT molecular complexity index is 580. The molecule has 0 aliphatic rings. The van der Waals surface area contributed by atoms with Gasteiger partial charge in [0.25, 0.3) is 0 Å². The third-order valence-electron chi connectivity index (χ3n) is 3.03. The van der Waals surface area contributed by atoms with E-state index in [1.54, 1.807) is 17.4 Å². The minimum Gasteiger partial charge on any atom is -0.306 e. The lowest BCUT2D eigenvalue weighted by Gasteiger charge is -2.19. The average molecular weight is 377 g/mol. The lowest BCUT2D eigenvalue weighted by atomic mass is 10.0. The first-order valence-electron chi connectivity index (χ1n) is 6.47. The topological polar surface area (TPSA) is 12.0 Å². The van der Waals surface area contributed by atoms with Crippen LogP contribution in [0.25, 0.3) is 0 Å². The van der Waals surface area contributed by atoms with Crippen LogP contribution in [0.2, 0.25) is 5.02 Å². The zero-order chi connectivity index (χ0) is 14.7. The highest BCUT2D eigenvalue weighted by molar-refractivity contribution is 9.10. The van der Waals surface area contributed by atoms with Gasteiger partial charge in [0.15, 0.2) is 0 Å². The van der Waals surface area contributed by atoms with Gasteiger partial charge in [0.05, 0.1) is 6.04 Å². The van der Waals surface area contributed by atoms with Gasteiger partial charge in [0.1, 0.15) is 5.82 Å². The van der Waals surface area contributed by atoms with E-state index in [0.29, 0.717) is 5.02 Å². The Balaban J connectivity index is 2.41. The van der Waals surface area contributed by atoms with Crippen molar-refractivity contribution in [3.05, 3.63) is 54.9 Å². The first-order chi connectivity index (χ1) is 9.52. The maximum atomic E-state index is 13.2. The van der Waals surface area contributed by atoms with Crippen LogP contribution in [0.1, 0.15) is 34.7 Å². The van der Waals surface area contributed by atoms with Crippen molar-refractivity contribution in [1.82, 2.24) is 5.32 Å². The van der Waals surface area contributed by atoms with Crippen LogP contribution in [0, 0.1) is 12.7 Å². The second-order valence-electron chi connectivity index (χ2n) is 4.61. The molecule has 0 amide bonds. The molecule has 0 fully saturated rings. The van der Waals surface area contributed by atoms with Gasteiger partial charge in [-0.2, -0.15) is 0 Å². The molecule has 20 heavy (non-hydrogen) atoms. The minimum atomic E-state index is -0.309. The van der Waals surface area contributed by atoms with Crippen LogP contribution in [-0.4, -0.2) is 6.54 Å². The monoisotopic (exact) mass is 375 g/mol. The van der Waals surface area contributed by atoms with Gasteiger partial charge in [-0.15, -0.1) is 11.3 Å². The van der Waals surface area contributed by atoms with Crippen molar-refractivity contribution < 1.29 is 4.39 Å². The van der Waals surface area contributed by atoms with Gasteiger partial charge in [-0.1, -0.05) is 24.6 Å². The molecule has 0 spiro atoms. The van der Waals surface area contributed by atoms with E-state index in [1.165, 1.54) is 21.9 Å². The summed E-state index contributed by atoms with van der Waals surface area (Å²) in [5.74, 6) is -0.309. The Morgan fingerprint density at radius 2 is 2.15 bits per heavy atom. The zero-order valence-corrected chi connectivity index (χ0v) is 14.5. The average Bonchev–Trinajstić information content (AvgIpc) is 2.72. The van der Waals surface area contributed by atoms with Crippen molar-refractivity contribution in [1.29, 1.82) is 0 Å². The number of aryl methyl sites for hydroxylation is 1. The zero-order valence-electron chi connectivity index (χ0n) is 11.3. The third-order valence-corrected chi connectivity index (χ3v) is 5.56. The smallest absolute Gasteiger partial charge is 0.124 e. The lowest BCUT2D eigenvalue weighted by molar-refractivity contribution is 0.599. The number of hydrogen-bond acceptors (Lipinski definition) is 2. The molecule has 0 bridgehead atoms. The number of nitrogens with one attached hydrogen (secondary N) is 1. The predicted molar refractivity (Wildman–Crippen MR) is 88.3 cm³/mol. The summed E-state index contributed by atoms with van der Waals surface area (Å²) in [6.07, 6.45) is 1.03. The molecule has 0 saturated heterocycles. The Morgan fingerprint density at radius 1 is 1.40 bits per heavy atom. The molecular weight excluding hydrogens is 361 g/mol. The number of halogens is 3. The molecule has 1 aromatic carbocycles. The fourth-order valence-electron chi connectivity index (χ4n) is 2.01. The van der Waals surface area contributed by atoms with E-state index < -0.39 is 0 Å². The van der Waals surface area contributed by atoms with E-state index in [1.807, 2.05) is 0 Å². The summed E-state index contributed by atoms with van der Waals surface area (Å²) in [5.41, 5.74) is 0.912. The molecule has 1 aromatic heterocycles. The van der Waals surface area contributed by atoms with Crippen molar-refractivity contribution in [3.63, 3.8) is 0 Å². The summed E-state index contributed by atoms with van der Waals surface area (Å²) in [6.45, 7) is 5.07. The molecule has 0 aliphatic heterocycles. The SMILES string of the molecule is CCCNC(c1cc(Br)c(C)s1)c1ccc(F)cc1Cl. The maximum absolute atomic E-state index is 13.2. The Labute approximate surface area is 136 Å². The van der Waals surface area contributed by atoms with Gasteiger partial charge in [-0.05, 0) is 59.6 Å². The van der Waals surface area contributed by atoms with E-state index in [0.717, 1.165) is 23.0 Å². The molecule has 1 nitrogen and oxygen atoms in total. The molecule has 2 rings (SSSR count). The van der Waals surface area contributed by atoms with Gasteiger partial charge in [0, 0.05) is 19.2 Å². The predicted octanol–water partition coefficient (Wildman–Crippen LogP) is 5.70. The summed E-state index contributed by atoms with van der Waals surface area (Å²) in [7, 11) is 0. The number of benzene rings is 1. The van der Waals surface area contributed by atoms with E-state index >= 15 is 0 Å². The largest absolute Gasteiger partial charge is 0.306 e. The van der Waals surface area contributed by atoms with Crippen LogP contribution in [0.3, 0.4) is 0 Å². The summed E-state index contributed by atoms with van der Waals surface area (Å²) in [4.78, 5) is 2.40. The van der Waals surface area contributed by atoms with Crippen molar-refractivity contribution in [2.75, 3.05) is 6.54 Å². The fraction of sp³-hybridized carbons (Fsp3) is 0.333. The highest BCUT2D eigenvalue weighted by Gasteiger charge is 2.19. The van der Waals surface area contributed by atoms with Gasteiger partial charge >= 0.3 is 0 Å². The third kappa shape index (κ3) is 3.61. The Kier molecular flexibility index (Phi) is 5.61. The first-order valence-corrected chi connectivity index (χ1v) is 8.45. The molecule has 1 N–H and O–H groups in total. The molecular formula is C15H16BrClFNS. The van der Waals surface area contributed by atoms with Crippen LogP contribution < -0.4 is 5.32 Å². The van der Waals surface area contributed by atoms with Crippen molar-refractivity contribution >= 4 is 38.9 Å². The van der Waals surface area contributed by atoms with E-state index in [-0.39, 0.29) is 11.9 Å². The molecule has 0 radical (unpaired) electrons. The molecule has 108 valence electrons. The highest BCUT2D eigenvalue weighted by Crippen LogP contribution is 2.36. The summed E-state index contributed by atoms with van der Waals surface area (Å²) in [6, 6.07) is 6.68. The molecule has 5 heteroatoms. The second kappa shape index (κ2) is 7.03. The van der Waals surface area contributed by atoms with Crippen molar-refractivity contribution in [2.24, 2.45) is 0 Å². The summed E-state index contributed by atoms with van der Waals surface area (Å²) < 4.78 is 14.3. The molecule has 1 heterocycles. The molecule has 0 saturated carbocycles. The van der Waals surface area contributed by atoms with Crippen molar-refractivity contribution in [3.8, 4) is 0 Å². The summed E-state index contributed by atoms with van der Waals surface area (Å²) >= 11 is 11.5. The number of rotatable bonds is 5. The molecule has 1 atom stereocenters. The van der Waals surface area contributed by atoms with E-state index in [9.17, 15) is 4.39 Å². The standard InChI is InChI=1S/C15H16BrClFNS/c1-3-6-19-15(14-8-12(16)9(2)20-14)11-5-4-10(18)7-13(11)17/h4-5,7-8,15,19H,3,6H2,1-2H3. The lowest BCUT2D eigenvalue weighted by Crippen LogP contribution is -2.22. The number of hydrogen-bond donors (Lipinski definition) is 1. The molecule has 1 unspecified atom stereocenters. The normalized spacial score (nSPS) is 12.7. The summed E-state index contributed by atoms with van der Waals surface area (Å²) in [5, 5.41) is 3.94. The van der Waals surface area contributed by atoms with E-state index in [4.69, 9.17) is 11.6 Å². The van der Waals surface area contributed by atoms with Gasteiger partial charge in [0.2, 0.25) is 0 Å². The van der Waals surface area contributed by atoms with Crippen LogP contribution in [0.15, 0.2) is 28.7 Å². The molecule has 0 aliphatic carbocycles. The fourth-order valence-corrected chi connectivity index (χ4v) is 3.94. The first kappa shape index (κ1) is 16.0. The maximum Gasteiger partial charge on any atom is 0.124 e. The Hall–Kier alpha value is -0.420. The van der Waals surface area contributed by atoms with Gasteiger partial charge in [-0.3, -0.25) is 0 Å². The number of thiophene rings is 1. The van der Waals surface area contributed by atoms with Crippen molar-refractivity contribution in [2.45, 2.75) is 26.3 Å². The van der Waals surface area contributed by atoms with Gasteiger partial charge < -0.3 is 5.32 Å². The Morgan fingerprint density at radius 3 is 2.70 bits per heavy atom. The van der Waals surface area contributed by atoms with Crippen LogP contribution >= 0.6 is 38.9 Å². The minimum absolute atomic E-state index is 0.00181. The molecule has 2 aromatic rings. The van der Waals surface area contributed by atoms with Gasteiger partial charge in [-0.25, -0.2) is 4.39 Å². The second-order valence-corrected chi connectivity index (χ2v) is 7.16. The van der Waals surface area contributed by atoms with Crippen LogP contribution in [0.5, 0.6) is 0 Å². The van der Waals surface area contributed by atoms with Crippen LogP contribution in [0.4, 0.5) is 4.39 Å². The quantitative estimate of drug-likeness (QED) is 0.705. The highest BCUT2D eigenvalue weighted by atomic mass is 79.9.